The van der Waals surface area contributed by atoms with Crippen LogP contribution in [0, 0.1) is 0 Å². The van der Waals surface area contributed by atoms with Gasteiger partial charge in [0.15, 0.2) is 11.4 Å². The van der Waals surface area contributed by atoms with Crippen LogP contribution in [0.15, 0.2) is 44.8 Å². The molecule has 1 aliphatic rings. The number of ether oxygens (including phenoxy) is 1. The van der Waals surface area contributed by atoms with Crippen molar-refractivity contribution >= 4 is 33.2 Å². The zero-order valence-electron chi connectivity index (χ0n) is 17.9. The lowest BCUT2D eigenvalue weighted by molar-refractivity contribution is 0.141. The van der Waals surface area contributed by atoms with Crippen molar-refractivity contribution in [1.82, 2.24) is 19.1 Å². The van der Waals surface area contributed by atoms with Gasteiger partial charge in [0, 0.05) is 19.2 Å². The van der Waals surface area contributed by atoms with Crippen LogP contribution < -0.4 is 16.0 Å². The quantitative estimate of drug-likeness (QED) is 0.412. The Labute approximate surface area is 211 Å². The number of aromatic amines is 1. The van der Waals surface area contributed by atoms with E-state index >= 15 is 0 Å². The van der Waals surface area contributed by atoms with Gasteiger partial charge in [-0.2, -0.15) is 14.1 Å². The number of sulfonamides is 1. The number of β-amino-alcohol motifs (C(OH)–C–C–N with tert-alkyl or cyclic N) is 1. The lowest BCUT2D eigenvalue weighted by atomic mass is 10.3. The molecule has 3 N–H and O–H groups in total. The molecule has 0 unspecified atom stereocenters. The van der Waals surface area contributed by atoms with E-state index in [1.54, 1.807) is 4.98 Å². The molecule has 11 nitrogen and oxygen atoms in total. The van der Waals surface area contributed by atoms with Gasteiger partial charge in [-0.05, 0) is 30.7 Å². The fourth-order valence-corrected chi connectivity index (χ4v) is 5.59. The summed E-state index contributed by atoms with van der Waals surface area (Å²) in [4.78, 5) is 24.9. The average Bonchev–Trinajstić information content (AvgIpc) is 3.24. The topological polar surface area (TPSA) is 155 Å². The van der Waals surface area contributed by atoms with Crippen LogP contribution in [0.25, 0.3) is 5.69 Å². The largest absolute Gasteiger partial charge is 0.507 e. The highest BCUT2D eigenvalue weighted by Crippen LogP contribution is 2.40. The first kappa shape index (κ1) is 26.0. The molecule has 36 heavy (non-hydrogen) atoms. The Morgan fingerprint density at radius 1 is 1.17 bits per heavy atom. The molecule has 0 amide bonds. The number of benzene rings is 2. The molecule has 1 fully saturated rings. The highest BCUT2D eigenvalue weighted by Gasteiger charge is 2.33. The molecule has 0 bridgehead atoms. The molecule has 3 aromatic rings. The number of aromatic nitrogens is 3. The molecule has 1 aliphatic heterocycles. The van der Waals surface area contributed by atoms with E-state index in [0.717, 1.165) is 28.6 Å². The molecule has 192 valence electrons. The number of halogens is 4. The zero-order chi connectivity index (χ0) is 26.4. The molecule has 2 aromatic carbocycles. The minimum absolute atomic E-state index is 0.0680. The predicted molar refractivity (Wildman–Crippen MR) is 123 cm³/mol. The highest BCUT2D eigenvalue weighted by atomic mass is 35.5. The van der Waals surface area contributed by atoms with Crippen molar-refractivity contribution in [2.24, 2.45) is 0 Å². The number of alkyl halides is 2. The van der Waals surface area contributed by atoms with E-state index in [0.29, 0.717) is 4.68 Å². The molecule has 0 aliphatic carbocycles. The molecule has 1 aromatic heterocycles. The number of phenolic OH excluding ortho intramolecular Hbond substituents is 1. The number of aromatic hydroxyl groups is 1. The summed E-state index contributed by atoms with van der Waals surface area (Å²) in [6.07, 6.45) is -3.82. The Kier molecular flexibility index (Phi) is 7.07. The molecule has 16 heteroatoms. The summed E-state index contributed by atoms with van der Waals surface area (Å²) in [6, 6.07) is 5.58. The first-order valence-corrected chi connectivity index (χ1v) is 12.3. The van der Waals surface area contributed by atoms with E-state index in [-0.39, 0.29) is 46.7 Å². The fraction of sp³-hybridized carbons (Fsp3) is 0.250. The average molecular weight is 565 g/mol. The van der Waals surface area contributed by atoms with Gasteiger partial charge >= 0.3 is 5.69 Å². The third kappa shape index (κ3) is 4.95. The van der Waals surface area contributed by atoms with Crippen molar-refractivity contribution < 1.29 is 32.1 Å². The molecular weight excluding hydrogens is 549 g/mol. The maximum absolute atomic E-state index is 13.0. The lowest BCUT2D eigenvalue weighted by Gasteiger charge is -2.18. The van der Waals surface area contributed by atoms with Gasteiger partial charge in [0.05, 0.1) is 21.8 Å². The number of aliphatic hydroxyl groups excluding tert-OH is 1. The standard InChI is InChI=1S/C20H16Cl2F2N4O7S/c21-12-5-9(28-20(32)25-19(31)16(26-28)18(23)24)6-13(22)17(12)35-11-1-2-14(30)15(7-11)36(33,34)27-4-3-10(29)8-27/h1-2,5-7,10,18,29-30H,3-4,8H2,(H,25,31,32)/t10-/m1/s1. The predicted octanol–water partition coefficient (Wildman–Crippen LogP) is 2.42. The number of nitrogens with one attached hydrogen (secondary N) is 1. The minimum Gasteiger partial charge on any atom is -0.507 e. The SMILES string of the molecule is O=c1[nH]c(=O)n(-c2cc(Cl)c(Oc3ccc(O)c(S(=O)(=O)N4CC[C@@H](O)C4)c3)c(Cl)c2)nc1C(F)F. The number of hydrogen-bond donors (Lipinski definition) is 3. The Balaban J connectivity index is 1.69. The molecule has 1 atom stereocenters. The number of rotatable bonds is 6. The highest BCUT2D eigenvalue weighted by molar-refractivity contribution is 7.89. The first-order chi connectivity index (χ1) is 16.9. The van der Waals surface area contributed by atoms with E-state index in [9.17, 15) is 37.0 Å². The normalized spacial score (nSPS) is 16.6. The van der Waals surface area contributed by atoms with Gasteiger partial charge in [-0.1, -0.05) is 23.2 Å². The van der Waals surface area contributed by atoms with Crippen LogP contribution >= 0.6 is 23.2 Å². The molecule has 0 spiro atoms. The summed E-state index contributed by atoms with van der Waals surface area (Å²) < 4.78 is 59.0. The van der Waals surface area contributed by atoms with Gasteiger partial charge in [0.2, 0.25) is 10.0 Å². The van der Waals surface area contributed by atoms with Gasteiger partial charge in [0.1, 0.15) is 16.4 Å². The molecule has 1 saturated heterocycles. The second-order valence-corrected chi connectivity index (χ2v) is 10.4. The van der Waals surface area contributed by atoms with Gasteiger partial charge < -0.3 is 14.9 Å². The second kappa shape index (κ2) is 9.78. The van der Waals surface area contributed by atoms with Gasteiger partial charge in [0.25, 0.3) is 12.0 Å². The number of phenols is 1. The summed E-state index contributed by atoms with van der Waals surface area (Å²) in [7, 11) is -4.16. The smallest absolute Gasteiger partial charge is 0.349 e. The number of aliphatic hydroxyl groups is 1. The summed E-state index contributed by atoms with van der Waals surface area (Å²) >= 11 is 12.4. The van der Waals surface area contributed by atoms with Crippen molar-refractivity contribution in [3.05, 3.63) is 66.9 Å². The molecular formula is C20H16Cl2F2N4O7S. The summed E-state index contributed by atoms with van der Waals surface area (Å²) in [5.41, 5.74) is -3.82. The Morgan fingerprint density at radius 3 is 2.42 bits per heavy atom. The Hall–Kier alpha value is -3.04. The van der Waals surface area contributed by atoms with Gasteiger partial charge in [-0.25, -0.2) is 22.0 Å². The van der Waals surface area contributed by atoms with Crippen LogP contribution in [0.3, 0.4) is 0 Å². The van der Waals surface area contributed by atoms with E-state index in [2.05, 4.69) is 5.10 Å². The third-order valence-electron chi connectivity index (χ3n) is 5.18. The maximum atomic E-state index is 13.0. The lowest BCUT2D eigenvalue weighted by Crippen LogP contribution is -2.34. The molecule has 4 rings (SSSR count). The van der Waals surface area contributed by atoms with Crippen LogP contribution in [-0.2, 0) is 10.0 Å². The molecule has 0 saturated carbocycles. The molecule has 0 radical (unpaired) electrons. The summed E-state index contributed by atoms with van der Waals surface area (Å²) in [5, 5.41) is 22.8. The first-order valence-electron chi connectivity index (χ1n) is 10.1. The van der Waals surface area contributed by atoms with Gasteiger partial charge in [-0.3, -0.25) is 9.78 Å². The number of nitrogens with zero attached hydrogens (tertiary/aromatic N) is 3. The van der Waals surface area contributed by atoms with Crippen LogP contribution in [0.2, 0.25) is 10.0 Å². The Morgan fingerprint density at radius 2 is 1.83 bits per heavy atom. The van der Waals surface area contributed by atoms with Gasteiger partial charge in [-0.15, -0.1) is 0 Å². The maximum Gasteiger partial charge on any atom is 0.349 e. The number of hydrogen-bond acceptors (Lipinski definition) is 8. The van der Waals surface area contributed by atoms with Crippen molar-refractivity contribution in [2.45, 2.75) is 23.8 Å². The van der Waals surface area contributed by atoms with Crippen LogP contribution in [0.4, 0.5) is 8.78 Å². The summed E-state index contributed by atoms with van der Waals surface area (Å²) in [5.74, 6) is -0.809. The van der Waals surface area contributed by atoms with Crippen LogP contribution in [0.1, 0.15) is 18.5 Å². The van der Waals surface area contributed by atoms with Crippen LogP contribution in [0.5, 0.6) is 17.2 Å². The second-order valence-electron chi connectivity index (χ2n) is 7.63. The van der Waals surface area contributed by atoms with E-state index in [4.69, 9.17) is 27.9 Å². The van der Waals surface area contributed by atoms with E-state index in [1.165, 1.54) is 6.07 Å². The number of H-pyrrole nitrogens is 1. The van der Waals surface area contributed by atoms with E-state index < -0.39 is 50.1 Å². The van der Waals surface area contributed by atoms with Crippen LogP contribution in [-0.4, -0.2) is 56.9 Å². The van der Waals surface area contributed by atoms with Crippen molar-refractivity contribution in [3.8, 4) is 22.9 Å². The third-order valence-corrected chi connectivity index (χ3v) is 7.64. The van der Waals surface area contributed by atoms with Crippen molar-refractivity contribution in [1.29, 1.82) is 0 Å². The zero-order valence-corrected chi connectivity index (χ0v) is 20.2. The Bertz CT molecular complexity index is 1540. The van der Waals surface area contributed by atoms with E-state index in [1.807, 2.05) is 0 Å². The summed E-state index contributed by atoms with van der Waals surface area (Å²) in [6.45, 7) is -0.0595. The van der Waals surface area contributed by atoms with Crippen molar-refractivity contribution in [2.75, 3.05) is 13.1 Å². The van der Waals surface area contributed by atoms with Crippen molar-refractivity contribution in [3.63, 3.8) is 0 Å². The minimum atomic E-state index is -4.16. The molecule has 2 heterocycles. The monoisotopic (exact) mass is 564 g/mol. The fourth-order valence-electron chi connectivity index (χ4n) is 3.45.